The van der Waals surface area contributed by atoms with Crippen molar-refractivity contribution in [3.05, 3.63) is 50.9 Å². The minimum Gasteiger partial charge on any atom is -0.444 e. The molecule has 0 saturated heterocycles. The molecule has 1 aliphatic heterocycles. The maximum Gasteiger partial charge on any atom is 0.337 e. The lowest BCUT2D eigenvalue weighted by Gasteiger charge is -2.16. The van der Waals surface area contributed by atoms with Crippen molar-refractivity contribution in [2.45, 2.75) is 27.1 Å². The topological polar surface area (TPSA) is 65.7 Å². The number of halogens is 2. The number of carbonyl (C=O) groups excluding carboxylic acids is 1. The molecule has 7 heteroatoms. The summed E-state index contributed by atoms with van der Waals surface area (Å²) in [6.45, 7) is 4.62. The summed E-state index contributed by atoms with van der Waals surface area (Å²) < 4.78 is 43.6. The van der Waals surface area contributed by atoms with Crippen LogP contribution < -0.4 is 10.4 Å². The normalized spacial score (nSPS) is 17.8. The monoisotopic (exact) mass is 322 g/mol. The highest BCUT2D eigenvalue weighted by Gasteiger charge is 2.32. The number of ether oxygens (including phenoxy) is 2. The van der Waals surface area contributed by atoms with Crippen molar-refractivity contribution in [3.63, 3.8) is 0 Å². The summed E-state index contributed by atoms with van der Waals surface area (Å²) in [5.41, 5.74) is -0.0573. The number of hydrogen-bond donors (Lipinski definition) is 0. The molecule has 3 rings (SSSR count). The second-order valence-corrected chi connectivity index (χ2v) is 5.29. The molecule has 23 heavy (non-hydrogen) atoms. The molecule has 0 radical (unpaired) electrons. The van der Waals surface area contributed by atoms with Crippen molar-refractivity contribution < 1.29 is 27.5 Å². The van der Waals surface area contributed by atoms with E-state index in [-0.39, 0.29) is 5.39 Å². The summed E-state index contributed by atoms with van der Waals surface area (Å²) in [5.74, 6) is -3.52. The molecule has 2 heterocycles. The van der Waals surface area contributed by atoms with Crippen LogP contribution in [0.2, 0.25) is 0 Å². The Morgan fingerprint density at radius 2 is 1.83 bits per heavy atom. The van der Waals surface area contributed by atoms with Gasteiger partial charge in [-0.25, -0.2) is 14.0 Å². The van der Waals surface area contributed by atoms with Crippen molar-refractivity contribution in [2.24, 2.45) is 0 Å². The Balaban J connectivity index is 2.12. The highest BCUT2D eigenvalue weighted by atomic mass is 19.1. The van der Waals surface area contributed by atoms with Crippen molar-refractivity contribution >= 4 is 16.9 Å². The van der Waals surface area contributed by atoms with E-state index in [4.69, 9.17) is 13.9 Å². The highest BCUT2D eigenvalue weighted by molar-refractivity contribution is 5.91. The average Bonchev–Trinajstić information content (AvgIpc) is 2.72. The van der Waals surface area contributed by atoms with Gasteiger partial charge < -0.3 is 13.9 Å². The molecular formula is C16H12F2O5. The fourth-order valence-corrected chi connectivity index (χ4v) is 2.30. The molecule has 0 unspecified atom stereocenters. The van der Waals surface area contributed by atoms with E-state index in [1.54, 1.807) is 6.92 Å². The fourth-order valence-electron chi connectivity index (χ4n) is 2.30. The number of aryl methyl sites for hydroxylation is 1. The van der Waals surface area contributed by atoms with E-state index >= 15 is 0 Å². The fraction of sp³-hybridized carbons (Fsp3) is 0.250. The van der Waals surface area contributed by atoms with Gasteiger partial charge in [0.1, 0.15) is 0 Å². The van der Waals surface area contributed by atoms with Crippen LogP contribution in [0.25, 0.3) is 11.0 Å². The largest absolute Gasteiger partial charge is 0.444 e. The van der Waals surface area contributed by atoms with E-state index in [0.717, 1.165) is 12.1 Å². The minimum absolute atomic E-state index is 0.124. The van der Waals surface area contributed by atoms with Gasteiger partial charge in [-0.3, -0.25) is 0 Å². The smallest absolute Gasteiger partial charge is 0.337 e. The molecule has 1 aromatic carbocycles. The molecule has 0 fully saturated rings. The first kappa shape index (κ1) is 15.2. The van der Waals surface area contributed by atoms with Crippen LogP contribution in [0, 0.1) is 18.6 Å². The first-order valence-electron chi connectivity index (χ1n) is 6.77. The molecule has 0 amide bonds. The number of benzene rings is 1. The number of hydrogen-bond acceptors (Lipinski definition) is 5. The van der Waals surface area contributed by atoms with Gasteiger partial charge in [0.05, 0.1) is 0 Å². The Morgan fingerprint density at radius 3 is 2.43 bits per heavy atom. The summed E-state index contributed by atoms with van der Waals surface area (Å²) in [7, 11) is 0. The average molecular weight is 322 g/mol. The predicted molar refractivity (Wildman–Crippen MR) is 76.0 cm³/mol. The van der Waals surface area contributed by atoms with E-state index in [1.807, 2.05) is 0 Å². The standard InChI is InChI=1S/C16H12F2O5/c1-6-4-11(19)21-13-9(6)5-10(17)14(12(13)18)22-16-8(3)7(2)15(20)23-16/h4-5,16H,1-3H3/t16-/m0/s1. The Kier molecular flexibility index (Phi) is 3.43. The molecule has 0 aliphatic carbocycles. The van der Waals surface area contributed by atoms with Crippen LogP contribution in [-0.2, 0) is 9.53 Å². The third-order valence-electron chi connectivity index (χ3n) is 3.78. The molecule has 1 aromatic heterocycles. The zero-order chi connectivity index (χ0) is 16.9. The second kappa shape index (κ2) is 5.19. The number of cyclic esters (lactones) is 1. The molecule has 0 saturated carbocycles. The lowest BCUT2D eigenvalue weighted by molar-refractivity contribution is -0.149. The van der Waals surface area contributed by atoms with Gasteiger partial charge in [0, 0.05) is 22.6 Å². The summed E-state index contributed by atoms with van der Waals surface area (Å²) in [6, 6.07) is 2.14. The minimum atomic E-state index is -1.22. The number of esters is 1. The third-order valence-corrected chi connectivity index (χ3v) is 3.78. The van der Waals surface area contributed by atoms with Crippen LogP contribution in [0.15, 0.2) is 32.5 Å². The van der Waals surface area contributed by atoms with Crippen LogP contribution >= 0.6 is 0 Å². The van der Waals surface area contributed by atoms with E-state index < -0.39 is 40.9 Å². The van der Waals surface area contributed by atoms with Gasteiger partial charge in [-0.1, -0.05) is 0 Å². The summed E-state index contributed by atoms with van der Waals surface area (Å²) in [5, 5.41) is 0.124. The van der Waals surface area contributed by atoms with Crippen LogP contribution in [0.4, 0.5) is 8.78 Å². The van der Waals surface area contributed by atoms with Gasteiger partial charge in [0.15, 0.2) is 17.1 Å². The number of fused-ring (bicyclic) bond motifs is 1. The van der Waals surface area contributed by atoms with Crippen molar-refractivity contribution in [1.29, 1.82) is 0 Å². The molecule has 1 atom stereocenters. The Labute approximate surface area is 129 Å². The quantitative estimate of drug-likeness (QED) is 0.628. The molecule has 0 spiro atoms. The summed E-state index contributed by atoms with van der Waals surface area (Å²) >= 11 is 0. The van der Waals surface area contributed by atoms with Gasteiger partial charge in [-0.2, -0.15) is 4.39 Å². The van der Waals surface area contributed by atoms with Gasteiger partial charge in [-0.15, -0.1) is 0 Å². The molecule has 1 aliphatic rings. The van der Waals surface area contributed by atoms with Crippen molar-refractivity contribution in [2.75, 3.05) is 0 Å². The van der Waals surface area contributed by atoms with Crippen LogP contribution in [0.3, 0.4) is 0 Å². The SMILES string of the molecule is CC1=C(C)[C@@H](Oc2c(F)cc3c(C)cc(=O)oc3c2F)OC1=O. The van der Waals surface area contributed by atoms with E-state index in [0.29, 0.717) is 16.7 Å². The van der Waals surface area contributed by atoms with Crippen LogP contribution in [-0.4, -0.2) is 12.3 Å². The van der Waals surface area contributed by atoms with Crippen molar-refractivity contribution in [3.8, 4) is 5.75 Å². The summed E-state index contributed by atoms with van der Waals surface area (Å²) in [4.78, 5) is 22.8. The van der Waals surface area contributed by atoms with E-state index in [2.05, 4.69) is 0 Å². The van der Waals surface area contributed by atoms with Crippen LogP contribution in [0.5, 0.6) is 5.75 Å². The Bertz CT molecular complexity index is 926. The molecule has 0 N–H and O–H groups in total. The second-order valence-electron chi connectivity index (χ2n) is 5.29. The number of rotatable bonds is 2. The Hall–Kier alpha value is -2.70. The Morgan fingerprint density at radius 1 is 1.13 bits per heavy atom. The molecule has 0 bridgehead atoms. The third kappa shape index (κ3) is 2.38. The summed E-state index contributed by atoms with van der Waals surface area (Å²) in [6.07, 6.45) is -1.22. The van der Waals surface area contributed by atoms with Gasteiger partial charge >= 0.3 is 11.6 Å². The van der Waals surface area contributed by atoms with Gasteiger partial charge in [0.2, 0.25) is 5.82 Å². The first-order valence-corrected chi connectivity index (χ1v) is 6.77. The lowest BCUT2D eigenvalue weighted by atomic mass is 10.1. The maximum absolute atomic E-state index is 14.5. The van der Waals surface area contributed by atoms with Crippen LogP contribution in [0.1, 0.15) is 19.4 Å². The van der Waals surface area contributed by atoms with Gasteiger partial charge in [0.25, 0.3) is 6.29 Å². The molecule has 120 valence electrons. The van der Waals surface area contributed by atoms with Crippen molar-refractivity contribution in [1.82, 2.24) is 0 Å². The van der Waals surface area contributed by atoms with Gasteiger partial charge in [-0.05, 0) is 32.4 Å². The maximum atomic E-state index is 14.5. The lowest BCUT2D eigenvalue weighted by Crippen LogP contribution is -2.20. The number of carbonyl (C=O) groups is 1. The molecular weight excluding hydrogens is 310 g/mol. The van der Waals surface area contributed by atoms with E-state index in [9.17, 15) is 18.4 Å². The highest BCUT2D eigenvalue weighted by Crippen LogP contribution is 2.33. The zero-order valence-electron chi connectivity index (χ0n) is 12.5. The van der Waals surface area contributed by atoms with E-state index in [1.165, 1.54) is 13.8 Å². The molecule has 5 nitrogen and oxygen atoms in total. The predicted octanol–water partition coefficient (Wildman–Crippen LogP) is 2.98. The first-order chi connectivity index (χ1) is 10.8. The molecule has 2 aromatic rings. The zero-order valence-corrected chi connectivity index (χ0v) is 12.5.